The number of aromatic amines is 2. The van der Waals surface area contributed by atoms with Crippen molar-refractivity contribution in [1.29, 1.82) is 0 Å². The van der Waals surface area contributed by atoms with Crippen molar-refractivity contribution in [2.24, 2.45) is 9.98 Å². The van der Waals surface area contributed by atoms with Crippen LogP contribution in [0.5, 0.6) is 23.0 Å². The Morgan fingerprint density at radius 1 is 0.822 bits per heavy atom. The highest BCUT2D eigenvalue weighted by Gasteiger charge is 2.30. The second-order valence-corrected chi connectivity index (χ2v) is 11.4. The van der Waals surface area contributed by atoms with Gasteiger partial charge in [-0.25, -0.2) is 0 Å². The molecular weight excluding hydrogens is 574 g/mol. The number of hydrogen-bond donors (Lipinski definition) is 3. The summed E-state index contributed by atoms with van der Waals surface area (Å²) in [4.78, 5) is 28.5. The Balaban J connectivity index is 1.32. The summed E-state index contributed by atoms with van der Waals surface area (Å²) < 4.78 is 16.3. The molecule has 2 aromatic heterocycles. The predicted molar refractivity (Wildman–Crippen MR) is 173 cm³/mol. The lowest BCUT2D eigenvalue weighted by Gasteiger charge is -2.23. The standard InChI is InChI=1S/C34H33N5O6/c1-43-20-4-6-22-24-8-10-35-28(32(24)37-26(22)16-20)12-18(19-14-30(39(41)42)34(40)31(15-19)45-3)13-29-33-25(9-11-36-29)23-7-5-21(44-2)17-27(23)38-33/h4-7,14-18,37-38,40H,8-13H2,1-3H3. The van der Waals surface area contributed by atoms with E-state index < -0.39 is 16.4 Å². The summed E-state index contributed by atoms with van der Waals surface area (Å²) in [6.07, 6.45) is 2.60. The number of nitrogens with zero attached hydrogens (tertiary/aromatic N) is 3. The molecule has 2 aliphatic heterocycles. The van der Waals surface area contributed by atoms with Crippen LogP contribution in [-0.2, 0) is 12.8 Å². The molecule has 0 saturated carbocycles. The van der Waals surface area contributed by atoms with Crippen LogP contribution in [0.4, 0.5) is 5.69 Å². The van der Waals surface area contributed by atoms with Crippen molar-refractivity contribution in [2.75, 3.05) is 34.4 Å². The first-order chi connectivity index (χ1) is 21.9. The minimum absolute atomic E-state index is 0.0529. The zero-order chi connectivity index (χ0) is 31.2. The zero-order valence-electron chi connectivity index (χ0n) is 25.3. The van der Waals surface area contributed by atoms with E-state index >= 15 is 0 Å². The first kappa shape index (κ1) is 28.5. The second-order valence-electron chi connectivity index (χ2n) is 11.4. The van der Waals surface area contributed by atoms with Crippen LogP contribution in [0.25, 0.3) is 21.8 Å². The molecule has 2 aliphatic rings. The molecule has 45 heavy (non-hydrogen) atoms. The molecule has 11 heteroatoms. The molecule has 5 aromatic rings. The van der Waals surface area contributed by atoms with Crippen LogP contribution in [-0.4, -0.2) is 65.8 Å². The lowest BCUT2D eigenvalue weighted by atomic mass is 9.84. The Kier molecular flexibility index (Phi) is 7.15. The number of aromatic nitrogens is 2. The van der Waals surface area contributed by atoms with Gasteiger partial charge in [0.05, 0.1) is 49.1 Å². The molecule has 11 nitrogen and oxygen atoms in total. The van der Waals surface area contributed by atoms with Gasteiger partial charge in [-0.3, -0.25) is 20.1 Å². The number of ether oxygens (including phenoxy) is 3. The first-order valence-electron chi connectivity index (χ1n) is 14.9. The van der Waals surface area contributed by atoms with Crippen molar-refractivity contribution in [1.82, 2.24) is 9.97 Å². The van der Waals surface area contributed by atoms with Crippen LogP contribution >= 0.6 is 0 Å². The molecule has 0 amide bonds. The number of nitro benzene ring substituents is 1. The number of aromatic hydroxyl groups is 1. The summed E-state index contributed by atoms with van der Waals surface area (Å²) in [5, 5.41) is 24.8. The van der Waals surface area contributed by atoms with Crippen LogP contribution in [0, 0.1) is 10.1 Å². The maximum atomic E-state index is 12.0. The minimum Gasteiger partial charge on any atom is -0.500 e. The third kappa shape index (κ3) is 4.94. The van der Waals surface area contributed by atoms with Gasteiger partial charge in [0.2, 0.25) is 5.75 Å². The molecule has 0 radical (unpaired) electrons. The van der Waals surface area contributed by atoms with Gasteiger partial charge in [-0.05, 0) is 78.6 Å². The fourth-order valence-electron chi connectivity index (χ4n) is 6.75. The van der Waals surface area contributed by atoms with Gasteiger partial charge in [0.15, 0.2) is 5.75 Å². The summed E-state index contributed by atoms with van der Waals surface area (Å²) in [6.45, 7) is 1.28. The summed E-state index contributed by atoms with van der Waals surface area (Å²) >= 11 is 0. The average Bonchev–Trinajstić information content (AvgIpc) is 3.63. The Labute approximate surface area is 258 Å². The van der Waals surface area contributed by atoms with Crippen molar-refractivity contribution in [3.8, 4) is 23.0 Å². The molecule has 4 heterocycles. The third-order valence-corrected chi connectivity index (χ3v) is 8.98. The molecule has 0 bridgehead atoms. The highest BCUT2D eigenvalue weighted by atomic mass is 16.6. The highest BCUT2D eigenvalue weighted by Crippen LogP contribution is 2.42. The number of nitrogens with one attached hydrogen (secondary N) is 2. The fourth-order valence-corrected chi connectivity index (χ4v) is 6.75. The number of phenols is 1. The van der Waals surface area contributed by atoms with E-state index in [1.807, 2.05) is 24.3 Å². The molecule has 0 unspecified atom stereocenters. The normalized spacial score (nSPS) is 14.2. The van der Waals surface area contributed by atoms with E-state index in [1.54, 1.807) is 20.3 Å². The van der Waals surface area contributed by atoms with Crippen molar-refractivity contribution >= 4 is 38.9 Å². The molecule has 3 N–H and O–H groups in total. The summed E-state index contributed by atoms with van der Waals surface area (Å²) in [6, 6.07) is 15.2. The van der Waals surface area contributed by atoms with Crippen LogP contribution in [0.15, 0.2) is 58.5 Å². The van der Waals surface area contributed by atoms with Crippen LogP contribution in [0.2, 0.25) is 0 Å². The van der Waals surface area contributed by atoms with Gasteiger partial charge in [-0.2, -0.15) is 0 Å². The smallest absolute Gasteiger partial charge is 0.314 e. The van der Waals surface area contributed by atoms with Crippen LogP contribution < -0.4 is 14.2 Å². The Morgan fingerprint density at radius 3 is 1.82 bits per heavy atom. The molecule has 0 fully saturated rings. The summed E-state index contributed by atoms with van der Waals surface area (Å²) in [7, 11) is 4.69. The highest BCUT2D eigenvalue weighted by molar-refractivity contribution is 6.09. The van der Waals surface area contributed by atoms with Crippen molar-refractivity contribution in [3.63, 3.8) is 0 Å². The van der Waals surface area contributed by atoms with Crippen LogP contribution in [0.1, 0.15) is 46.8 Å². The zero-order valence-corrected chi connectivity index (χ0v) is 25.3. The number of benzene rings is 3. The van der Waals surface area contributed by atoms with Crippen LogP contribution in [0.3, 0.4) is 0 Å². The van der Waals surface area contributed by atoms with Gasteiger partial charge in [-0.1, -0.05) is 0 Å². The number of methoxy groups -OCH3 is 3. The predicted octanol–water partition coefficient (Wildman–Crippen LogP) is 6.24. The van der Waals surface area contributed by atoms with E-state index in [0.717, 1.165) is 69.0 Å². The molecule has 0 atom stereocenters. The van der Waals surface area contributed by atoms with Gasteiger partial charge in [0, 0.05) is 53.1 Å². The summed E-state index contributed by atoms with van der Waals surface area (Å²) in [5.74, 6) is 0.825. The van der Waals surface area contributed by atoms with Crippen molar-refractivity contribution in [2.45, 2.75) is 31.6 Å². The number of fused-ring (bicyclic) bond motifs is 6. The van der Waals surface area contributed by atoms with E-state index in [4.69, 9.17) is 24.2 Å². The lowest BCUT2D eigenvalue weighted by Crippen LogP contribution is -2.20. The Bertz CT molecular complexity index is 1930. The first-order valence-corrected chi connectivity index (χ1v) is 14.9. The van der Waals surface area contributed by atoms with E-state index in [9.17, 15) is 15.2 Å². The van der Waals surface area contributed by atoms with E-state index in [2.05, 4.69) is 22.1 Å². The second kappa shape index (κ2) is 11.3. The van der Waals surface area contributed by atoms with E-state index in [-0.39, 0.29) is 11.7 Å². The molecule has 0 aliphatic carbocycles. The SMILES string of the molecule is COc1ccc2c3c([nH]c2c1)C(CC(CC1=NCCc2c1[nH]c1cc(OC)ccc21)c1cc(OC)c(O)c([N+](=O)[O-])c1)=NCC3. The number of rotatable bonds is 9. The number of H-pyrrole nitrogens is 2. The lowest BCUT2D eigenvalue weighted by molar-refractivity contribution is -0.386. The largest absolute Gasteiger partial charge is 0.500 e. The number of phenolic OH excluding ortho intramolecular Hbond substituents is 1. The molecule has 3 aromatic carbocycles. The maximum Gasteiger partial charge on any atom is 0.314 e. The maximum absolute atomic E-state index is 12.0. The average molecular weight is 608 g/mol. The molecule has 230 valence electrons. The third-order valence-electron chi connectivity index (χ3n) is 8.98. The monoisotopic (exact) mass is 607 g/mol. The van der Waals surface area contributed by atoms with Gasteiger partial charge < -0.3 is 29.3 Å². The van der Waals surface area contributed by atoms with Gasteiger partial charge in [-0.15, -0.1) is 0 Å². The topological polar surface area (TPSA) is 147 Å². The van der Waals surface area contributed by atoms with Gasteiger partial charge in [0.1, 0.15) is 11.5 Å². The van der Waals surface area contributed by atoms with E-state index in [1.165, 1.54) is 24.3 Å². The number of aliphatic imine (C=N–C) groups is 2. The molecule has 0 spiro atoms. The number of nitro groups is 1. The van der Waals surface area contributed by atoms with Gasteiger partial charge >= 0.3 is 5.69 Å². The number of hydrogen-bond acceptors (Lipinski definition) is 8. The molecular formula is C34H33N5O6. The van der Waals surface area contributed by atoms with Crippen molar-refractivity contribution < 1.29 is 24.2 Å². The molecule has 7 rings (SSSR count). The molecule has 0 saturated heterocycles. The Hall–Kier alpha value is -5.32. The summed E-state index contributed by atoms with van der Waals surface area (Å²) in [5.41, 5.74) is 8.34. The quantitative estimate of drug-likeness (QED) is 0.133. The van der Waals surface area contributed by atoms with Gasteiger partial charge in [0.25, 0.3) is 0 Å². The minimum atomic E-state index is -0.582. The van der Waals surface area contributed by atoms with Crippen molar-refractivity contribution in [3.05, 3.63) is 86.7 Å². The Morgan fingerprint density at radius 2 is 1.36 bits per heavy atom. The fraction of sp³-hybridized carbons (Fsp3) is 0.294. The van der Waals surface area contributed by atoms with E-state index in [0.29, 0.717) is 31.5 Å².